The van der Waals surface area contributed by atoms with Gasteiger partial charge in [-0.1, -0.05) is 30.3 Å². The molecule has 1 nitrogen and oxygen atoms in total. The van der Waals surface area contributed by atoms with E-state index in [4.69, 9.17) is 0 Å². The summed E-state index contributed by atoms with van der Waals surface area (Å²) in [4.78, 5) is 4.11. The Bertz CT molecular complexity index is 408. The van der Waals surface area contributed by atoms with Gasteiger partial charge in [-0.3, -0.25) is 4.98 Å². The second kappa shape index (κ2) is 4.99. The van der Waals surface area contributed by atoms with E-state index in [1.54, 1.807) is 6.20 Å². The van der Waals surface area contributed by atoms with E-state index in [1.165, 1.54) is 11.1 Å². The van der Waals surface area contributed by atoms with Gasteiger partial charge >= 0.3 is 0 Å². The van der Waals surface area contributed by atoms with Crippen molar-refractivity contribution < 1.29 is 0 Å². The summed E-state index contributed by atoms with van der Waals surface area (Å²) in [5.74, 6) is 0.895. The maximum Gasteiger partial charge on any atom is 0.0346 e. The van der Waals surface area contributed by atoms with Gasteiger partial charge in [0.05, 0.1) is 0 Å². The SMILES string of the molecule is SCCc1ccc(-c2cccnc2)cc1. The van der Waals surface area contributed by atoms with Crippen LogP contribution < -0.4 is 0 Å². The van der Waals surface area contributed by atoms with Gasteiger partial charge in [-0.2, -0.15) is 12.6 Å². The first-order valence-electron chi connectivity index (χ1n) is 5.00. The van der Waals surface area contributed by atoms with E-state index in [2.05, 4.69) is 47.9 Å². The highest BCUT2D eigenvalue weighted by Gasteiger charge is 1.96. The van der Waals surface area contributed by atoms with Crippen molar-refractivity contribution in [1.29, 1.82) is 0 Å². The second-order valence-corrected chi connectivity index (χ2v) is 3.86. The van der Waals surface area contributed by atoms with Gasteiger partial charge in [-0.15, -0.1) is 0 Å². The summed E-state index contributed by atoms with van der Waals surface area (Å²) in [5.41, 5.74) is 3.71. The molecule has 0 unspecified atom stereocenters. The molecule has 0 saturated carbocycles. The van der Waals surface area contributed by atoms with E-state index >= 15 is 0 Å². The van der Waals surface area contributed by atoms with Crippen molar-refractivity contribution in [2.75, 3.05) is 5.75 Å². The van der Waals surface area contributed by atoms with E-state index in [-0.39, 0.29) is 0 Å². The fraction of sp³-hybridized carbons (Fsp3) is 0.154. The number of aryl methyl sites for hydroxylation is 1. The third-order valence-corrected chi connectivity index (χ3v) is 2.57. The first-order chi connectivity index (χ1) is 7.40. The van der Waals surface area contributed by atoms with E-state index in [1.807, 2.05) is 12.3 Å². The average molecular weight is 215 g/mol. The maximum absolute atomic E-state index is 4.22. The molecule has 0 radical (unpaired) electrons. The van der Waals surface area contributed by atoms with Gasteiger partial charge in [-0.25, -0.2) is 0 Å². The van der Waals surface area contributed by atoms with Crippen molar-refractivity contribution in [2.24, 2.45) is 0 Å². The van der Waals surface area contributed by atoms with Gasteiger partial charge in [-0.05, 0) is 34.9 Å². The van der Waals surface area contributed by atoms with Crippen LogP contribution in [-0.4, -0.2) is 10.7 Å². The van der Waals surface area contributed by atoms with Gasteiger partial charge in [0.25, 0.3) is 0 Å². The summed E-state index contributed by atoms with van der Waals surface area (Å²) in [6.07, 6.45) is 4.70. The van der Waals surface area contributed by atoms with Crippen molar-refractivity contribution in [3.8, 4) is 11.1 Å². The zero-order valence-corrected chi connectivity index (χ0v) is 9.32. The van der Waals surface area contributed by atoms with E-state index < -0.39 is 0 Å². The van der Waals surface area contributed by atoms with Crippen molar-refractivity contribution in [3.05, 3.63) is 54.4 Å². The zero-order valence-electron chi connectivity index (χ0n) is 8.43. The molecule has 15 heavy (non-hydrogen) atoms. The van der Waals surface area contributed by atoms with Crippen LogP contribution in [0.3, 0.4) is 0 Å². The lowest BCUT2D eigenvalue weighted by Crippen LogP contribution is -1.86. The third-order valence-electron chi connectivity index (χ3n) is 2.35. The first kappa shape index (κ1) is 10.2. The Morgan fingerprint density at radius 3 is 2.40 bits per heavy atom. The summed E-state index contributed by atoms with van der Waals surface area (Å²) in [6, 6.07) is 12.6. The molecule has 0 spiro atoms. The Hall–Kier alpha value is -1.28. The smallest absolute Gasteiger partial charge is 0.0346 e. The molecule has 2 aromatic rings. The van der Waals surface area contributed by atoms with Crippen molar-refractivity contribution in [2.45, 2.75) is 6.42 Å². The molecule has 0 bridgehead atoms. The van der Waals surface area contributed by atoms with Gasteiger partial charge in [0.1, 0.15) is 0 Å². The Kier molecular flexibility index (Phi) is 3.41. The lowest BCUT2D eigenvalue weighted by molar-refractivity contribution is 1.16. The molecule has 0 saturated heterocycles. The Labute approximate surface area is 95.6 Å². The molecule has 2 rings (SSSR count). The van der Waals surface area contributed by atoms with Gasteiger partial charge in [0.2, 0.25) is 0 Å². The van der Waals surface area contributed by atoms with Crippen LogP contribution in [0.4, 0.5) is 0 Å². The molecule has 0 aliphatic heterocycles. The van der Waals surface area contributed by atoms with Gasteiger partial charge in [0, 0.05) is 12.4 Å². The van der Waals surface area contributed by atoms with Crippen LogP contribution in [0.15, 0.2) is 48.8 Å². The summed E-state index contributed by atoms with van der Waals surface area (Å²) >= 11 is 4.22. The van der Waals surface area contributed by atoms with Crippen LogP contribution >= 0.6 is 12.6 Å². The minimum absolute atomic E-state index is 0.895. The molecule has 0 aliphatic carbocycles. The molecular weight excluding hydrogens is 202 g/mol. The number of aromatic nitrogens is 1. The van der Waals surface area contributed by atoms with E-state index in [9.17, 15) is 0 Å². The highest BCUT2D eigenvalue weighted by Crippen LogP contribution is 2.18. The normalized spacial score (nSPS) is 10.2. The van der Waals surface area contributed by atoms with Gasteiger partial charge < -0.3 is 0 Å². The monoisotopic (exact) mass is 215 g/mol. The average Bonchev–Trinajstić information content (AvgIpc) is 2.32. The molecule has 1 heterocycles. The highest BCUT2D eigenvalue weighted by molar-refractivity contribution is 7.80. The summed E-state index contributed by atoms with van der Waals surface area (Å²) in [6.45, 7) is 0. The zero-order chi connectivity index (χ0) is 10.5. The van der Waals surface area contributed by atoms with E-state index in [0.717, 1.165) is 17.7 Å². The minimum Gasteiger partial charge on any atom is -0.264 e. The second-order valence-electron chi connectivity index (χ2n) is 3.41. The molecule has 76 valence electrons. The molecule has 0 aliphatic rings. The predicted molar refractivity (Wildman–Crippen MR) is 67.2 cm³/mol. The number of hydrogen-bond acceptors (Lipinski definition) is 2. The fourth-order valence-corrected chi connectivity index (χ4v) is 1.78. The topological polar surface area (TPSA) is 12.9 Å². The van der Waals surface area contributed by atoms with Gasteiger partial charge in [0.15, 0.2) is 0 Å². The quantitative estimate of drug-likeness (QED) is 0.776. The first-order valence-corrected chi connectivity index (χ1v) is 5.63. The lowest BCUT2D eigenvalue weighted by Gasteiger charge is -2.02. The number of rotatable bonds is 3. The van der Waals surface area contributed by atoms with Crippen LogP contribution in [0.25, 0.3) is 11.1 Å². The predicted octanol–water partition coefficient (Wildman–Crippen LogP) is 3.22. The Morgan fingerprint density at radius 1 is 1.00 bits per heavy atom. The number of nitrogens with zero attached hydrogens (tertiary/aromatic N) is 1. The van der Waals surface area contributed by atoms with Crippen molar-refractivity contribution >= 4 is 12.6 Å². The molecule has 0 fully saturated rings. The molecule has 0 amide bonds. The van der Waals surface area contributed by atoms with Crippen molar-refractivity contribution in [3.63, 3.8) is 0 Å². The standard InChI is InChI=1S/C13H13NS/c15-9-7-11-3-5-12(6-4-11)13-2-1-8-14-10-13/h1-6,8,10,15H,7,9H2. The van der Waals surface area contributed by atoms with Crippen LogP contribution in [0.5, 0.6) is 0 Å². The largest absolute Gasteiger partial charge is 0.264 e. The molecule has 0 N–H and O–H groups in total. The van der Waals surface area contributed by atoms with Crippen LogP contribution in [0, 0.1) is 0 Å². The summed E-state index contributed by atoms with van der Waals surface area (Å²) in [7, 11) is 0. The van der Waals surface area contributed by atoms with Crippen LogP contribution in [0.2, 0.25) is 0 Å². The maximum atomic E-state index is 4.22. The van der Waals surface area contributed by atoms with Crippen LogP contribution in [0.1, 0.15) is 5.56 Å². The molecule has 2 heteroatoms. The van der Waals surface area contributed by atoms with Crippen molar-refractivity contribution in [1.82, 2.24) is 4.98 Å². The molecule has 1 aromatic carbocycles. The number of pyridine rings is 1. The summed E-state index contributed by atoms with van der Waals surface area (Å²) in [5, 5.41) is 0. The number of benzene rings is 1. The Morgan fingerprint density at radius 2 is 1.80 bits per heavy atom. The Balaban J connectivity index is 2.24. The molecule has 0 atom stereocenters. The van der Waals surface area contributed by atoms with Crippen LogP contribution in [-0.2, 0) is 6.42 Å². The molecular formula is C13H13NS. The minimum atomic E-state index is 0.895. The van der Waals surface area contributed by atoms with E-state index in [0.29, 0.717) is 0 Å². The fourth-order valence-electron chi connectivity index (χ4n) is 1.53. The number of hydrogen-bond donors (Lipinski definition) is 1. The summed E-state index contributed by atoms with van der Waals surface area (Å²) < 4.78 is 0. The lowest BCUT2D eigenvalue weighted by atomic mass is 10.0. The number of thiol groups is 1. The molecule has 1 aromatic heterocycles. The highest BCUT2D eigenvalue weighted by atomic mass is 32.1. The third kappa shape index (κ3) is 2.60.